The molecule has 0 aliphatic heterocycles. The predicted octanol–water partition coefficient (Wildman–Crippen LogP) is 3.49. The minimum absolute atomic E-state index is 0.0653. The predicted molar refractivity (Wildman–Crippen MR) is 118 cm³/mol. The molecule has 3 aromatic carbocycles. The molecule has 9 heteroatoms. The van der Waals surface area contributed by atoms with E-state index in [1.807, 2.05) is 42.5 Å². The number of nitrogens with one attached hydrogen (secondary N) is 1. The topological polar surface area (TPSA) is 103 Å². The van der Waals surface area contributed by atoms with Crippen molar-refractivity contribution in [3.8, 4) is 22.6 Å². The molecule has 4 rings (SSSR count). The zero-order valence-electron chi connectivity index (χ0n) is 17.2. The van der Waals surface area contributed by atoms with Crippen LogP contribution in [0.2, 0.25) is 0 Å². The van der Waals surface area contributed by atoms with Gasteiger partial charge in [-0.05, 0) is 47.5 Å². The number of amides is 1. The third kappa shape index (κ3) is 5.59. The number of hydrogen-bond acceptors (Lipinski definition) is 6. The van der Waals surface area contributed by atoms with E-state index in [-0.39, 0.29) is 5.89 Å². The molecule has 0 aliphatic rings. The molecule has 1 heterocycles. The minimum Gasteiger partial charge on any atom is -0.454 e. The molecule has 33 heavy (non-hydrogen) atoms. The van der Waals surface area contributed by atoms with Crippen molar-refractivity contribution in [3.05, 3.63) is 95.2 Å². The fourth-order valence-corrected chi connectivity index (χ4v) is 3.00. The van der Waals surface area contributed by atoms with Gasteiger partial charge in [0, 0.05) is 11.3 Å². The molecule has 0 spiro atoms. The Hall–Kier alpha value is -4.53. The van der Waals surface area contributed by atoms with Gasteiger partial charge in [0.15, 0.2) is 6.61 Å². The van der Waals surface area contributed by atoms with Crippen molar-refractivity contribution < 1.29 is 23.1 Å². The molecule has 166 valence electrons. The van der Waals surface area contributed by atoms with E-state index < -0.39 is 36.6 Å². The third-order valence-electron chi connectivity index (χ3n) is 4.62. The van der Waals surface area contributed by atoms with Gasteiger partial charge in [0.1, 0.15) is 12.4 Å². The third-order valence-corrected chi connectivity index (χ3v) is 4.62. The van der Waals surface area contributed by atoms with E-state index >= 15 is 0 Å². The second kappa shape index (κ2) is 9.73. The van der Waals surface area contributed by atoms with Gasteiger partial charge in [0.05, 0.1) is 0 Å². The van der Waals surface area contributed by atoms with Crippen LogP contribution in [-0.2, 0) is 20.9 Å². The highest BCUT2D eigenvalue weighted by molar-refractivity contribution is 5.93. The maximum atomic E-state index is 13.0. The number of carbonyl (C=O) groups is 2. The van der Waals surface area contributed by atoms with Gasteiger partial charge in [0.25, 0.3) is 5.91 Å². The van der Waals surface area contributed by atoms with Crippen molar-refractivity contribution in [1.29, 1.82) is 0 Å². The average Bonchev–Trinajstić information content (AvgIpc) is 3.19. The highest BCUT2D eigenvalue weighted by Crippen LogP contribution is 2.21. The number of rotatable bonds is 7. The highest BCUT2D eigenvalue weighted by Gasteiger charge is 2.15. The summed E-state index contributed by atoms with van der Waals surface area (Å²) in [7, 11) is 0. The molecule has 0 radical (unpaired) electrons. The maximum absolute atomic E-state index is 13.0. The van der Waals surface area contributed by atoms with Gasteiger partial charge in [-0.1, -0.05) is 42.5 Å². The van der Waals surface area contributed by atoms with E-state index in [4.69, 9.17) is 9.15 Å². The lowest BCUT2D eigenvalue weighted by Crippen LogP contribution is -2.26. The maximum Gasteiger partial charge on any atom is 0.437 e. The lowest BCUT2D eigenvalue weighted by molar-refractivity contribution is -0.148. The zero-order valence-corrected chi connectivity index (χ0v) is 17.2. The van der Waals surface area contributed by atoms with Gasteiger partial charge >= 0.3 is 11.7 Å². The van der Waals surface area contributed by atoms with E-state index in [0.29, 0.717) is 11.3 Å². The first kappa shape index (κ1) is 21.7. The number of esters is 1. The summed E-state index contributed by atoms with van der Waals surface area (Å²) in [6.07, 6.45) is 0. The van der Waals surface area contributed by atoms with Crippen molar-refractivity contribution >= 4 is 17.6 Å². The molecule has 1 aromatic heterocycles. The summed E-state index contributed by atoms with van der Waals surface area (Å²) < 4.78 is 23.7. The molecule has 0 atom stereocenters. The van der Waals surface area contributed by atoms with Crippen LogP contribution < -0.4 is 11.1 Å². The summed E-state index contributed by atoms with van der Waals surface area (Å²) in [5, 5.41) is 6.52. The van der Waals surface area contributed by atoms with Gasteiger partial charge in [-0.3, -0.25) is 9.59 Å². The van der Waals surface area contributed by atoms with Gasteiger partial charge < -0.3 is 14.5 Å². The summed E-state index contributed by atoms with van der Waals surface area (Å²) in [5.41, 5.74) is 2.97. The van der Waals surface area contributed by atoms with Crippen LogP contribution in [-0.4, -0.2) is 28.3 Å². The van der Waals surface area contributed by atoms with Gasteiger partial charge in [-0.2, -0.15) is 4.68 Å². The Morgan fingerprint density at radius 2 is 1.55 bits per heavy atom. The molecule has 0 saturated carbocycles. The second-order valence-corrected chi connectivity index (χ2v) is 6.99. The first-order chi connectivity index (χ1) is 16.0. The highest BCUT2D eigenvalue weighted by atomic mass is 19.1. The summed E-state index contributed by atoms with van der Waals surface area (Å²) in [5.74, 6) is -2.77. The monoisotopic (exact) mass is 447 g/mol. The largest absolute Gasteiger partial charge is 0.454 e. The average molecular weight is 447 g/mol. The lowest BCUT2D eigenvalue weighted by Gasteiger charge is -2.07. The van der Waals surface area contributed by atoms with Crippen molar-refractivity contribution in [3.63, 3.8) is 0 Å². The fourth-order valence-electron chi connectivity index (χ4n) is 3.00. The van der Waals surface area contributed by atoms with E-state index in [0.717, 1.165) is 15.8 Å². The van der Waals surface area contributed by atoms with Crippen molar-refractivity contribution in [2.24, 2.45) is 0 Å². The normalized spacial score (nSPS) is 10.6. The smallest absolute Gasteiger partial charge is 0.437 e. The number of nitrogens with zero attached hydrogens (tertiary/aromatic N) is 2. The van der Waals surface area contributed by atoms with Crippen LogP contribution in [0.1, 0.15) is 0 Å². The Morgan fingerprint density at radius 3 is 2.24 bits per heavy atom. The number of aromatic nitrogens is 2. The number of halogens is 1. The van der Waals surface area contributed by atoms with Crippen LogP contribution in [0.3, 0.4) is 0 Å². The van der Waals surface area contributed by atoms with Crippen LogP contribution >= 0.6 is 0 Å². The standard InChI is InChI=1S/C24H18FN3O5/c25-19-10-6-18(7-11-19)23-27-28(24(31)33-23)14-22(30)32-15-21(29)26-20-12-8-17(9-13-20)16-4-2-1-3-5-16/h1-13H,14-15H2,(H,26,29). The van der Waals surface area contributed by atoms with E-state index in [2.05, 4.69) is 10.4 Å². The lowest BCUT2D eigenvalue weighted by atomic mass is 10.1. The quantitative estimate of drug-likeness (QED) is 0.435. The molecule has 1 N–H and O–H groups in total. The van der Waals surface area contributed by atoms with E-state index in [1.165, 1.54) is 24.3 Å². The summed E-state index contributed by atoms with van der Waals surface area (Å²) in [6, 6.07) is 22.2. The van der Waals surface area contributed by atoms with Crippen molar-refractivity contribution in [2.45, 2.75) is 6.54 Å². The Bertz CT molecular complexity index is 1310. The van der Waals surface area contributed by atoms with Gasteiger partial charge in [-0.25, -0.2) is 9.18 Å². The van der Waals surface area contributed by atoms with Crippen LogP contribution in [0.5, 0.6) is 0 Å². The Labute approximate surface area is 187 Å². The van der Waals surface area contributed by atoms with Crippen molar-refractivity contribution in [1.82, 2.24) is 9.78 Å². The SMILES string of the molecule is O=C(COC(=O)Cn1nc(-c2ccc(F)cc2)oc1=O)Nc1ccc(-c2ccccc2)cc1. The number of ether oxygens (including phenoxy) is 1. The van der Waals surface area contributed by atoms with Gasteiger partial charge in [-0.15, -0.1) is 5.10 Å². The van der Waals surface area contributed by atoms with Crippen LogP contribution in [0.25, 0.3) is 22.6 Å². The molecular formula is C24H18FN3O5. The summed E-state index contributed by atoms with van der Waals surface area (Å²) >= 11 is 0. The summed E-state index contributed by atoms with van der Waals surface area (Å²) in [4.78, 5) is 36.0. The molecule has 0 bridgehead atoms. The number of anilines is 1. The first-order valence-corrected chi connectivity index (χ1v) is 9.93. The van der Waals surface area contributed by atoms with Crippen LogP contribution in [0, 0.1) is 5.82 Å². The minimum atomic E-state index is -0.880. The fraction of sp³-hybridized carbons (Fsp3) is 0.0833. The Kier molecular flexibility index (Phi) is 6.40. The Morgan fingerprint density at radius 1 is 0.909 bits per heavy atom. The second-order valence-electron chi connectivity index (χ2n) is 6.99. The molecule has 0 aliphatic carbocycles. The number of carbonyl (C=O) groups excluding carboxylic acids is 2. The van der Waals surface area contributed by atoms with Crippen molar-refractivity contribution in [2.75, 3.05) is 11.9 Å². The molecule has 0 saturated heterocycles. The van der Waals surface area contributed by atoms with Crippen LogP contribution in [0.4, 0.5) is 10.1 Å². The van der Waals surface area contributed by atoms with E-state index in [9.17, 15) is 18.8 Å². The van der Waals surface area contributed by atoms with E-state index in [1.54, 1.807) is 12.1 Å². The first-order valence-electron chi connectivity index (χ1n) is 9.93. The molecule has 0 fully saturated rings. The Balaban J connectivity index is 1.29. The summed E-state index contributed by atoms with van der Waals surface area (Å²) in [6.45, 7) is -1.07. The molecular weight excluding hydrogens is 429 g/mol. The van der Waals surface area contributed by atoms with Crippen LogP contribution in [0.15, 0.2) is 88.1 Å². The van der Waals surface area contributed by atoms with Gasteiger partial charge in [0.2, 0.25) is 5.89 Å². The molecule has 4 aromatic rings. The number of hydrogen-bond donors (Lipinski definition) is 1. The number of benzene rings is 3. The molecule has 0 unspecified atom stereocenters. The molecule has 8 nitrogen and oxygen atoms in total. The zero-order chi connectivity index (χ0) is 23.2. The molecule has 1 amide bonds.